The molecule has 0 aliphatic rings. The van der Waals surface area contributed by atoms with Crippen molar-refractivity contribution in [3.05, 3.63) is 46.3 Å². The zero-order valence-corrected chi connectivity index (χ0v) is 14.4. The van der Waals surface area contributed by atoms with Gasteiger partial charge in [-0.1, -0.05) is 0 Å². The summed E-state index contributed by atoms with van der Waals surface area (Å²) in [4.78, 5) is 24.3. The van der Waals surface area contributed by atoms with E-state index in [1.54, 1.807) is 24.3 Å². The number of amides is 1. The molecule has 118 valence electrons. The molecule has 0 bridgehead atoms. The minimum absolute atomic E-state index is 0.0127. The molecule has 0 aliphatic heterocycles. The van der Waals surface area contributed by atoms with Crippen molar-refractivity contribution in [2.75, 3.05) is 11.9 Å². The SMILES string of the molecule is Cc1cc(SC#N)ccc1NC(=O)COC(=O)c1ccc(Br)o1. The Morgan fingerprint density at radius 2 is 2.17 bits per heavy atom. The number of nitrogens with one attached hydrogen (secondary N) is 1. The van der Waals surface area contributed by atoms with Crippen molar-refractivity contribution in [3.8, 4) is 5.40 Å². The van der Waals surface area contributed by atoms with Crippen LogP contribution in [-0.4, -0.2) is 18.5 Å². The summed E-state index contributed by atoms with van der Waals surface area (Å²) < 4.78 is 10.3. The Labute approximate surface area is 144 Å². The Bertz CT molecular complexity index is 782. The van der Waals surface area contributed by atoms with Crippen molar-refractivity contribution in [3.63, 3.8) is 0 Å². The normalized spacial score (nSPS) is 9.96. The summed E-state index contributed by atoms with van der Waals surface area (Å²) in [5.41, 5.74) is 1.40. The number of nitrogens with zero attached hydrogens (tertiary/aromatic N) is 1. The summed E-state index contributed by atoms with van der Waals surface area (Å²) in [6, 6.07) is 8.21. The summed E-state index contributed by atoms with van der Waals surface area (Å²) >= 11 is 4.11. The molecule has 8 heteroatoms. The minimum Gasteiger partial charge on any atom is -0.450 e. The van der Waals surface area contributed by atoms with Gasteiger partial charge in [0.05, 0.1) is 0 Å². The molecule has 0 saturated carbocycles. The van der Waals surface area contributed by atoms with Crippen LogP contribution in [-0.2, 0) is 9.53 Å². The third kappa shape index (κ3) is 4.87. The molecule has 0 radical (unpaired) electrons. The second-order valence-corrected chi connectivity index (χ2v) is 6.04. The van der Waals surface area contributed by atoms with Gasteiger partial charge < -0.3 is 14.5 Å². The topological polar surface area (TPSA) is 92.3 Å². The molecule has 1 aromatic heterocycles. The smallest absolute Gasteiger partial charge is 0.374 e. The number of thioether (sulfide) groups is 1. The van der Waals surface area contributed by atoms with E-state index in [4.69, 9.17) is 14.4 Å². The summed E-state index contributed by atoms with van der Waals surface area (Å²) in [7, 11) is 0. The van der Waals surface area contributed by atoms with Crippen LogP contribution in [0.25, 0.3) is 0 Å². The zero-order valence-electron chi connectivity index (χ0n) is 12.0. The maximum absolute atomic E-state index is 11.8. The van der Waals surface area contributed by atoms with E-state index in [2.05, 4.69) is 21.2 Å². The molecule has 2 rings (SSSR count). The Morgan fingerprint density at radius 1 is 1.39 bits per heavy atom. The Morgan fingerprint density at radius 3 is 2.78 bits per heavy atom. The van der Waals surface area contributed by atoms with Gasteiger partial charge in [0.2, 0.25) is 5.76 Å². The number of aryl methyl sites for hydroxylation is 1. The fourth-order valence-corrected chi connectivity index (χ4v) is 2.49. The molecule has 0 saturated heterocycles. The van der Waals surface area contributed by atoms with E-state index in [0.717, 1.165) is 22.2 Å². The highest BCUT2D eigenvalue weighted by atomic mass is 79.9. The van der Waals surface area contributed by atoms with Crippen molar-refractivity contribution >= 4 is 45.3 Å². The molecule has 1 amide bonds. The molecule has 6 nitrogen and oxygen atoms in total. The quantitative estimate of drug-likeness (QED) is 0.471. The van der Waals surface area contributed by atoms with Crippen LogP contribution >= 0.6 is 27.7 Å². The number of ether oxygens (including phenoxy) is 1. The standard InChI is InChI=1S/C15H11BrN2O4S/c1-9-6-10(23-8-17)2-3-11(9)18-14(19)7-21-15(20)12-4-5-13(16)22-12/h2-6H,7H2,1H3,(H,18,19). The highest BCUT2D eigenvalue weighted by Crippen LogP contribution is 2.23. The monoisotopic (exact) mass is 394 g/mol. The van der Waals surface area contributed by atoms with Crippen LogP contribution in [0.1, 0.15) is 16.1 Å². The first kappa shape index (κ1) is 17.1. The van der Waals surface area contributed by atoms with Gasteiger partial charge in [-0.05, 0) is 70.5 Å². The second-order valence-electron chi connectivity index (χ2n) is 4.40. The van der Waals surface area contributed by atoms with Gasteiger partial charge in [-0.15, -0.1) is 0 Å². The molecule has 0 aliphatic carbocycles. The minimum atomic E-state index is -0.719. The van der Waals surface area contributed by atoms with Crippen molar-refractivity contribution < 1.29 is 18.7 Å². The lowest BCUT2D eigenvalue weighted by Gasteiger charge is -2.09. The number of rotatable bonds is 5. The molecule has 0 spiro atoms. The maximum atomic E-state index is 11.8. The van der Waals surface area contributed by atoms with Crippen LogP contribution in [0.15, 0.2) is 44.3 Å². The Hall–Kier alpha value is -2.24. The summed E-state index contributed by atoms with van der Waals surface area (Å²) in [6.07, 6.45) is 0. The van der Waals surface area contributed by atoms with Crippen LogP contribution in [0.4, 0.5) is 5.69 Å². The summed E-state index contributed by atoms with van der Waals surface area (Å²) in [6.45, 7) is 1.38. The van der Waals surface area contributed by atoms with Crippen molar-refractivity contribution in [2.24, 2.45) is 0 Å². The van der Waals surface area contributed by atoms with Crippen LogP contribution in [0.2, 0.25) is 0 Å². The number of benzene rings is 1. The van der Waals surface area contributed by atoms with E-state index >= 15 is 0 Å². The first-order chi connectivity index (χ1) is 11.0. The van der Waals surface area contributed by atoms with Crippen LogP contribution < -0.4 is 5.32 Å². The Kier molecular flexibility index (Phi) is 5.84. The molecule has 23 heavy (non-hydrogen) atoms. The molecule has 0 atom stereocenters. The fourth-order valence-electron chi connectivity index (χ4n) is 1.71. The van der Waals surface area contributed by atoms with Gasteiger partial charge in [0.1, 0.15) is 5.40 Å². The van der Waals surface area contributed by atoms with Crippen molar-refractivity contribution in [1.82, 2.24) is 0 Å². The molecule has 1 N–H and O–H groups in total. The maximum Gasteiger partial charge on any atom is 0.374 e. The number of thiocyanates is 1. The van der Waals surface area contributed by atoms with E-state index in [-0.39, 0.29) is 5.76 Å². The van der Waals surface area contributed by atoms with Crippen LogP contribution in [0.5, 0.6) is 0 Å². The largest absolute Gasteiger partial charge is 0.450 e. The number of hydrogen-bond donors (Lipinski definition) is 1. The molecule has 1 heterocycles. The average molecular weight is 395 g/mol. The van der Waals surface area contributed by atoms with E-state index in [9.17, 15) is 9.59 Å². The highest BCUT2D eigenvalue weighted by Gasteiger charge is 2.14. The van der Waals surface area contributed by atoms with Gasteiger partial charge in [0.15, 0.2) is 11.3 Å². The third-order valence-corrected chi connectivity index (χ3v) is 3.75. The zero-order chi connectivity index (χ0) is 16.8. The molecule has 1 aromatic carbocycles. The predicted octanol–water partition coefficient (Wildman–Crippen LogP) is 3.72. The number of carbonyl (C=O) groups is 2. The fraction of sp³-hybridized carbons (Fsp3) is 0.133. The molecule has 2 aromatic rings. The summed E-state index contributed by atoms with van der Waals surface area (Å²) in [5, 5.41) is 13.3. The second kappa shape index (κ2) is 7.85. The van der Waals surface area contributed by atoms with Gasteiger partial charge >= 0.3 is 5.97 Å². The lowest BCUT2D eigenvalue weighted by Crippen LogP contribution is -2.21. The van der Waals surface area contributed by atoms with Crippen molar-refractivity contribution in [1.29, 1.82) is 5.26 Å². The van der Waals surface area contributed by atoms with Gasteiger partial charge in [-0.25, -0.2) is 4.79 Å². The van der Waals surface area contributed by atoms with Crippen molar-refractivity contribution in [2.45, 2.75) is 11.8 Å². The van der Waals surface area contributed by atoms with Gasteiger partial charge in [-0.3, -0.25) is 4.79 Å². The van der Waals surface area contributed by atoms with E-state index < -0.39 is 18.5 Å². The predicted molar refractivity (Wildman–Crippen MR) is 88.0 cm³/mol. The third-order valence-electron chi connectivity index (χ3n) is 2.74. The average Bonchev–Trinajstić information content (AvgIpc) is 2.94. The Balaban J connectivity index is 1.90. The van der Waals surface area contributed by atoms with E-state index in [0.29, 0.717) is 10.4 Å². The summed E-state index contributed by atoms with van der Waals surface area (Å²) in [5.74, 6) is -1.17. The van der Waals surface area contributed by atoms with Gasteiger partial charge in [-0.2, -0.15) is 5.26 Å². The highest BCUT2D eigenvalue weighted by molar-refractivity contribution is 9.10. The lowest BCUT2D eigenvalue weighted by atomic mass is 10.2. The number of hydrogen-bond acceptors (Lipinski definition) is 6. The van der Waals surface area contributed by atoms with E-state index in [1.165, 1.54) is 6.07 Å². The first-order valence-electron chi connectivity index (χ1n) is 6.38. The number of furan rings is 1. The number of esters is 1. The van der Waals surface area contributed by atoms with E-state index in [1.807, 2.05) is 12.3 Å². The molecule has 0 fully saturated rings. The number of halogens is 1. The van der Waals surface area contributed by atoms with Gasteiger partial charge in [0.25, 0.3) is 5.91 Å². The van der Waals surface area contributed by atoms with Crippen LogP contribution in [0.3, 0.4) is 0 Å². The lowest BCUT2D eigenvalue weighted by molar-refractivity contribution is -0.119. The first-order valence-corrected chi connectivity index (χ1v) is 7.99. The number of nitriles is 1. The number of carbonyl (C=O) groups excluding carboxylic acids is 2. The molecular formula is C15H11BrN2O4S. The molecule has 0 unspecified atom stereocenters. The van der Waals surface area contributed by atoms with Crippen LogP contribution in [0, 0.1) is 17.6 Å². The van der Waals surface area contributed by atoms with Gasteiger partial charge in [0, 0.05) is 10.6 Å². The molecular weight excluding hydrogens is 384 g/mol. The number of anilines is 1.